The summed E-state index contributed by atoms with van der Waals surface area (Å²) in [5.41, 5.74) is 8.80. The number of hydrazone groups is 1. The van der Waals surface area contributed by atoms with Crippen LogP contribution < -0.4 is 11.2 Å². The van der Waals surface area contributed by atoms with Gasteiger partial charge in [0.2, 0.25) is 0 Å². The highest BCUT2D eigenvalue weighted by Gasteiger charge is 2.05. The molecule has 1 aromatic carbocycles. The van der Waals surface area contributed by atoms with Crippen molar-refractivity contribution in [3.05, 3.63) is 36.0 Å². The summed E-state index contributed by atoms with van der Waals surface area (Å²) < 4.78 is 1.82. The van der Waals surface area contributed by atoms with Crippen LogP contribution in [-0.2, 0) is 6.54 Å². The largest absolute Gasteiger partial charge is 0.350 e. The van der Waals surface area contributed by atoms with Crippen LogP contribution in [0.1, 0.15) is 5.56 Å². The van der Waals surface area contributed by atoms with Crippen molar-refractivity contribution in [1.29, 1.82) is 5.26 Å². The standard InChI is InChI=1S/C12H11N5O/c13-5-6-17-8-9(7-15-16-12(14)18)10-3-1-2-4-11(10)17/h1-4,7-8H,6H2,(H3,14,16,18)/b15-7-. The van der Waals surface area contributed by atoms with Gasteiger partial charge < -0.3 is 10.3 Å². The van der Waals surface area contributed by atoms with Crippen LogP contribution in [0.4, 0.5) is 4.79 Å². The summed E-state index contributed by atoms with van der Waals surface area (Å²) in [5.74, 6) is 0. The molecule has 2 rings (SSSR count). The molecule has 0 aliphatic rings. The van der Waals surface area contributed by atoms with Crippen molar-refractivity contribution in [2.24, 2.45) is 10.8 Å². The molecule has 0 aliphatic heterocycles. The van der Waals surface area contributed by atoms with Crippen molar-refractivity contribution in [3.8, 4) is 6.07 Å². The maximum absolute atomic E-state index is 10.5. The maximum atomic E-state index is 10.5. The Bertz CT molecular complexity index is 650. The third-order valence-electron chi connectivity index (χ3n) is 2.44. The first kappa shape index (κ1) is 11.7. The number of hydrogen-bond donors (Lipinski definition) is 2. The average Bonchev–Trinajstić information content (AvgIpc) is 2.69. The predicted molar refractivity (Wildman–Crippen MR) is 67.9 cm³/mol. The van der Waals surface area contributed by atoms with Gasteiger partial charge in [-0.2, -0.15) is 10.4 Å². The average molecular weight is 241 g/mol. The van der Waals surface area contributed by atoms with Crippen LogP contribution in [-0.4, -0.2) is 16.8 Å². The molecule has 0 saturated heterocycles. The summed E-state index contributed by atoms with van der Waals surface area (Å²) in [6.07, 6.45) is 3.31. The van der Waals surface area contributed by atoms with Gasteiger partial charge in [0.15, 0.2) is 0 Å². The van der Waals surface area contributed by atoms with Crippen molar-refractivity contribution in [1.82, 2.24) is 9.99 Å². The monoisotopic (exact) mass is 241 g/mol. The molecule has 0 bridgehead atoms. The van der Waals surface area contributed by atoms with Gasteiger partial charge in [-0.05, 0) is 6.07 Å². The Balaban J connectivity index is 2.42. The summed E-state index contributed by atoms with van der Waals surface area (Å²) in [7, 11) is 0. The van der Waals surface area contributed by atoms with E-state index in [4.69, 9.17) is 11.0 Å². The molecule has 0 unspecified atom stereocenters. The number of nitrogens with two attached hydrogens (primary N) is 1. The fourth-order valence-corrected chi connectivity index (χ4v) is 1.75. The number of hydrogen-bond acceptors (Lipinski definition) is 3. The van der Waals surface area contributed by atoms with Gasteiger partial charge in [-0.1, -0.05) is 18.2 Å². The molecule has 0 radical (unpaired) electrons. The number of rotatable bonds is 3. The van der Waals surface area contributed by atoms with Crippen LogP contribution in [0, 0.1) is 11.3 Å². The number of nitrogens with one attached hydrogen (secondary N) is 1. The zero-order valence-corrected chi connectivity index (χ0v) is 9.50. The van der Waals surface area contributed by atoms with Crippen LogP contribution in [0.2, 0.25) is 0 Å². The Labute approximate surface area is 103 Å². The van der Waals surface area contributed by atoms with E-state index in [1.54, 1.807) is 6.20 Å². The summed E-state index contributed by atoms with van der Waals surface area (Å²) in [4.78, 5) is 10.5. The van der Waals surface area contributed by atoms with Crippen LogP contribution in [0.3, 0.4) is 0 Å². The van der Waals surface area contributed by atoms with Gasteiger partial charge in [-0.25, -0.2) is 10.2 Å². The summed E-state index contributed by atoms with van der Waals surface area (Å²) in [6.45, 7) is 0.262. The summed E-state index contributed by atoms with van der Waals surface area (Å²) in [6, 6.07) is 9.03. The van der Waals surface area contributed by atoms with Gasteiger partial charge in [0.25, 0.3) is 0 Å². The SMILES string of the molecule is N#CCn1cc(/C=N\NC(N)=O)c2ccccc21. The number of nitriles is 1. The Kier molecular flexibility index (Phi) is 3.25. The van der Waals surface area contributed by atoms with E-state index in [1.165, 1.54) is 6.21 Å². The van der Waals surface area contributed by atoms with Crippen molar-refractivity contribution in [2.75, 3.05) is 0 Å². The van der Waals surface area contributed by atoms with Gasteiger partial charge in [0.1, 0.15) is 6.54 Å². The fraction of sp³-hybridized carbons (Fsp3) is 0.0833. The first-order chi connectivity index (χ1) is 8.72. The van der Waals surface area contributed by atoms with E-state index in [2.05, 4.69) is 16.6 Å². The number of primary amides is 1. The lowest BCUT2D eigenvalue weighted by Crippen LogP contribution is -2.24. The Morgan fingerprint density at radius 3 is 3.06 bits per heavy atom. The number of para-hydroxylation sites is 1. The zero-order valence-electron chi connectivity index (χ0n) is 9.50. The third-order valence-corrected chi connectivity index (χ3v) is 2.44. The molecule has 3 N–H and O–H groups in total. The van der Waals surface area contributed by atoms with Gasteiger partial charge in [0, 0.05) is 22.7 Å². The third kappa shape index (κ3) is 2.30. The lowest BCUT2D eigenvalue weighted by atomic mass is 10.2. The van der Waals surface area contributed by atoms with E-state index < -0.39 is 6.03 Å². The minimum absolute atomic E-state index is 0.262. The first-order valence-electron chi connectivity index (χ1n) is 5.25. The predicted octanol–water partition coefficient (Wildman–Crippen LogP) is 1.17. The van der Waals surface area contributed by atoms with Crippen LogP contribution in [0.15, 0.2) is 35.6 Å². The van der Waals surface area contributed by atoms with Crippen molar-refractivity contribution in [3.63, 3.8) is 0 Å². The molecular weight excluding hydrogens is 230 g/mol. The molecule has 0 fully saturated rings. The lowest BCUT2D eigenvalue weighted by molar-refractivity contribution is 0.249. The second-order valence-corrected chi connectivity index (χ2v) is 3.62. The molecular formula is C12H11N5O. The number of amides is 2. The highest BCUT2D eigenvalue weighted by atomic mass is 16.2. The molecule has 6 nitrogen and oxygen atoms in total. The smallest absolute Gasteiger partial charge is 0.332 e. The van der Waals surface area contributed by atoms with Crippen molar-refractivity contribution in [2.45, 2.75) is 6.54 Å². The van der Waals surface area contributed by atoms with E-state index in [0.29, 0.717) is 0 Å². The molecule has 6 heteroatoms. The molecule has 1 aromatic heterocycles. The first-order valence-corrected chi connectivity index (χ1v) is 5.25. The molecule has 0 spiro atoms. The number of urea groups is 1. The van der Waals surface area contributed by atoms with Gasteiger partial charge in [-0.3, -0.25) is 0 Å². The van der Waals surface area contributed by atoms with E-state index in [9.17, 15) is 4.79 Å². The summed E-state index contributed by atoms with van der Waals surface area (Å²) in [5, 5.41) is 13.4. The normalized spacial score (nSPS) is 10.6. The number of carbonyl (C=O) groups is 1. The second-order valence-electron chi connectivity index (χ2n) is 3.62. The Hall–Kier alpha value is -2.81. The molecule has 2 amide bonds. The van der Waals surface area contributed by atoms with Gasteiger partial charge in [-0.15, -0.1) is 0 Å². The minimum atomic E-state index is -0.716. The van der Waals surface area contributed by atoms with Gasteiger partial charge >= 0.3 is 6.03 Å². The fourth-order valence-electron chi connectivity index (χ4n) is 1.75. The summed E-state index contributed by atoms with van der Waals surface area (Å²) >= 11 is 0. The van der Waals surface area contributed by atoms with Crippen molar-refractivity contribution >= 4 is 23.1 Å². The molecule has 0 aliphatic carbocycles. The molecule has 0 saturated carbocycles. The van der Waals surface area contributed by atoms with Gasteiger partial charge in [0.05, 0.1) is 12.3 Å². The van der Waals surface area contributed by atoms with Crippen LogP contribution in [0.25, 0.3) is 10.9 Å². The lowest BCUT2D eigenvalue weighted by Gasteiger charge is -1.96. The molecule has 18 heavy (non-hydrogen) atoms. The van der Waals surface area contributed by atoms with Crippen molar-refractivity contribution < 1.29 is 4.79 Å². The molecule has 0 atom stereocenters. The number of benzene rings is 1. The van der Waals surface area contributed by atoms with E-state index in [0.717, 1.165) is 16.5 Å². The maximum Gasteiger partial charge on any atom is 0.332 e. The molecule has 2 aromatic rings. The van der Waals surface area contributed by atoms with Crippen LogP contribution in [0.5, 0.6) is 0 Å². The Morgan fingerprint density at radius 2 is 2.33 bits per heavy atom. The number of nitrogens with zero attached hydrogens (tertiary/aromatic N) is 3. The van der Waals surface area contributed by atoms with E-state index in [-0.39, 0.29) is 6.54 Å². The molecule has 90 valence electrons. The highest BCUT2D eigenvalue weighted by molar-refractivity contribution is 5.99. The Morgan fingerprint density at radius 1 is 1.56 bits per heavy atom. The highest BCUT2D eigenvalue weighted by Crippen LogP contribution is 2.19. The quantitative estimate of drug-likeness (QED) is 0.623. The molecule has 1 heterocycles. The second kappa shape index (κ2) is 5.01. The minimum Gasteiger partial charge on any atom is -0.350 e. The zero-order chi connectivity index (χ0) is 13.0. The van der Waals surface area contributed by atoms with E-state index in [1.807, 2.05) is 28.8 Å². The number of aromatic nitrogens is 1. The van der Waals surface area contributed by atoms with Crippen LogP contribution >= 0.6 is 0 Å². The topological polar surface area (TPSA) is 96.2 Å². The number of carbonyl (C=O) groups excluding carboxylic acids is 1. The number of fused-ring (bicyclic) bond motifs is 1. The van der Waals surface area contributed by atoms with E-state index >= 15 is 0 Å².